The second-order valence-electron chi connectivity index (χ2n) is 7.10. The normalized spacial score (nSPS) is 14.0. The van der Waals surface area contributed by atoms with Gasteiger partial charge in [0, 0.05) is 13.1 Å². The lowest BCUT2D eigenvalue weighted by atomic mass is 10.1. The van der Waals surface area contributed by atoms with E-state index in [1.54, 1.807) is 24.3 Å². The van der Waals surface area contributed by atoms with Crippen LogP contribution in [-0.2, 0) is 10.0 Å². The van der Waals surface area contributed by atoms with E-state index in [1.165, 1.54) is 28.6 Å². The van der Waals surface area contributed by atoms with Crippen LogP contribution in [0.5, 0.6) is 0 Å². The molecule has 0 fully saturated rings. The average molecular weight is 415 g/mol. The second-order valence-corrected chi connectivity index (χ2v) is 9.03. The Morgan fingerprint density at radius 2 is 1.28 bits per heavy atom. The number of sulfonamides is 1. The summed E-state index contributed by atoms with van der Waals surface area (Å²) in [4.78, 5) is 26.5. The first-order chi connectivity index (χ1) is 13.9. The van der Waals surface area contributed by atoms with Gasteiger partial charge in [-0.05, 0) is 49.2 Å². The van der Waals surface area contributed by atoms with Crippen molar-refractivity contribution in [3.63, 3.8) is 0 Å². The molecule has 3 rings (SSSR count). The highest BCUT2D eigenvalue weighted by atomic mass is 32.2. The lowest BCUT2D eigenvalue weighted by Crippen LogP contribution is -2.33. The Labute approximate surface area is 172 Å². The minimum atomic E-state index is -3.62. The summed E-state index contributed by atoms with van der Waals surface area (Å²) in [6, 6.07) is 12.6. The molecule has 1 heterocycles. The molecule has 7 heteroatoms. The summed E-state index contributed by atoms with van der Waals surface area (Å²) in [5, 5.41) is 0. The van der Waals surface area contributed by atoms with Gasteiger partial charge in [-0.2, -0.15) is 4.31 Å². The van der Waals surface area contributed by atoms with E-state index in [1.807, 2.05) is 13.8 Å². The van der Waals surface area contributed by atoms with Crippen molar-refractivity contribution in [3.8, 4) is 0 Å². The number of amides is 2. The van der Waals surface area contributed by atoms with Gasteiger partial charge in [0.05, 0.1) is 21.7 Å². The highest BCUT2D eigenvalue weighted by Crippen LogP contribution is 2.29. The van der Waals surface area contributed by atoms with E-state index in [2.05, 4.69) is 0 Å². The zero-order valence-corrected chi connectivity index (χ0v) is 17.6. The molecule has 29 heavy (non-hydrogen) atoms. The summed E-state index contributed by atoms with van der Waals surface area (Å²) >= 11 is 0. The minimum absolute atomic E-state index is 0.171. The number of fused-ring (bicyclic) bond motifs is 1. The summed E-state index contributed by atoms with van der Waals surface area (Å²) in [6.45, 7) is 5.03. The third kappa shape index (κ3) is 4.11. The van der Waals surface area contributed by atoms with Crippen molar-refractivity contribution in [2.45, 2.75) is 44.4 Å². The third-order valence-corrected chi connectivity index (χ3v) is 6.96. The smallest absolute Gasteiger partial charge is 0.266 e. The molecular formula is C22H26N2O4S. The van der Waals surface area contributed by atoms with Gasteiger partial charge in [-0.1, -0.05) is 38.8 Å². The number of nitrogens with zero attached hydrogens (tertiary/aromatic N) is 2. The van der Waals surface area contributed by atoms with Gasteiger partial charge in [0.15, 0.2) is 0 Å². The maximum Gasteiger partial charge on any atom is 0.266 e. The predicted molar refractivity (Wildman–Crippen MR) is 113 cm³/mol. The zero-order valence-electron chi connectivity index (χ0n) is 16.8. The van der Waals surface area contributed by atoms with Crippen LogP contribution in [0.2, 0.25) is 0 Å². The van der Waals surface area contributed by atoms with Gasteiger partial charge in [0.25, 0.3) is 11.8 Å². The maximum absolute atomic E-state index is 13.1. The number of rotatable bonds is 9. The number of carbonyl (C=O) groups excluding carboxylic acids is 2. The highest BCUT2D eigenvalue weighted by Gasteiger charge is 2.36. The highest BCUT2D eigenvalue weighted by molar-refractivity contribution is 7.89. The Morgan fingerprint density at radius 3 is 1.72 bits per heavy atom. The van der Waals surface area contributed by atoms with Crippen LogP contribution in [0.1, 0.15) is 60.2 Å². The molecule has 154 valence electrons. The van der Waals surface area contributed by atoms with Gasteiger partial charge in [-0.15, -0.1) is 0 Å². The first-order valence-electron chi connectivity index (χ1n) is 9.99. The molecule has 0 aromatic heterocycles. The summed E-state index contributed by atoms with van der Waals surface area (Å²) in [5.41, 5.74) is 1.09. The molecule has 0 aliphatic carbocycles. The van der Waals surface area contributed by atoms with E-state index in [-0.39, 0.29) is 4.90 Å². The lowest BCUT2D eigenvalue weighted by Gasteiger charge is -2.22. The maximum atomic E-state index is 13.1. The first-order valence-corrected chi connectivity index (χ1v) is 11.4. The number of hydrogen-bond acceptors (Lipinski definition) is 4. The van der Waals surface area contributed by atoms with E-state index in [4.69, 9.17) is 0 Å². The number of carbonyl (C=O) groups is 2. The molecule has 0 radical (unpaired) electrons. The predicted octanol–water partition coefficient (Wildman–Crippen LogP) is 4.08. The fourth-order valence-corrected chi connectivity index (χ4v) is 4.88. The first kappa shape index (κ1) is 21.2. The molecule has 0 unspecified atom stereocenters. The van der Waals surface area contributed by atoms with Gasteiger partial charge >= 0.3 is 0 Å². The van der Waals surface area contributed by atoms with Crippen molar-refractivity contribution >= 4 is 27.5 Å². The van der Waals surface area contributed by atoms with Crippen LogP contribution in [-0.4, -0.2) is 37.6 Å². The molecule has 0 saturated heterocycles. The number of hydrogen-bond donors (Lipinski definition) is 0. The lowest BCUT2D eigenvalue weighted by molar-refractivity contribution is 0.0926. The minimum Gasteiger partial charge on any atom is -0.268 e. The van der Waals surface area contributed by atoms with Crippen molar-refractivity contribution < 1.29 is 18.0 Å². The number of unbranched alkanes of at least 4 members (excludes halogenated alkanes) is 2. The summed E-state index contributed by atoms with van der Waals surface area (Å²) in [6.07, 6.45) is 3.43. The van der Waals surface area contributed by atoms with Gasteiger partial charge in [-0.3, -0.25) is 9.59 Å². The van der Waals surface area contributed by atoms with Crippen molar-refractivity contribution in [1.29, 1.82) is 0 Å². The fourth-order valence-electron chi connectivity index (χ4n) is 3.36. The van der Waals surface area contributed by atoms with E-state index in [0.29, 0.717) is 29.9 Å². The SMILES string of the molecule is CCCCN(CCCC)S(=O)(=O)c1ccc(N2C(=O)c3ccccc3C2=O)cc1. The summed E-state index contributed by atoms with van der Waals surface area (Å²) < 4.78 is 27.6. The molecule has 0 N–H and O–H groups in total. The molecule has 0 bridgehead atoms. The van der Waals surface area contributed by atoms with E-state index < -0.39 is 21.8 Å². The average Bonchev–Trinajstić information content (AvgIpc) is 2.98. The van der Waals surface area contributed by atoms with Crippen LogP contribution in [0.4, 0.5) is 5.69 Å². The van der Waals surface area contributed by atoms with E-state index in [0.717, 1.165) is 30.6 Å². The number of imide groups is 1. The Balaban J connectivity index is 1.86. The Bertz CT molecular complexity index is 957. The molecular weight excluding hydrogens is 388 g/mol. The monoisotopic (exact) mass is 414 g/mol. The van der Waals surface area contributed by atoms with Crippen LogP contribution in [0, 0.1) is 0 Å². The van der Waals surface area contributed by atoms with Crippen LogP contribution in [0.3, 0.4) is 0 Å². The quantitative estimate of drug-likeness (QED) is 0.580. The van der Waals surface area contributed by atoms with Crippen molar-refractivity contribution in [3.05, 3.63) is 59.7 Å². The van der Waals surface area contributed by atoms with Crippen molar-refractivity contribution in [2.24, 2.45) is 0 Å². The van der Waals surface area contributed by atoms with Gasteiger partial charge in [-0.25, -0.2) is 13.3 Å². The molecule has 0 spiro atoms. The Kier molecular flexibility index (Phi) is 6.49. The largest absolute Gasteiger partial charge is 0.268 e. The van der Waals surface area contributed by atoms with Crippen molar-refractivity contribution in [2.75, 3.05) is 18.0 Å². The molecule has 2 amide bonds. The van der Waals surface area contributed by atoms with E-state index >= 15 is 0 Å². The topological polar surface area (TPSA) is 74.8 Å². The molecule has 2 aromatic rings. The van der Waals surface area contributed by atoms with Crippen LogP contribution >= 0.6 is 0 Å². The molecule has 0 saturated carbocycles. The second kappa shape index (κ2) is 8.88. The van der Waals surface area contributed by atoms with Crippen LogP contribution < -0.4 is 4.90 Å². The summed E-state index contributed by atoms with van der Waals surface area (Å²) in [7, 11) is -3.62. The van der Waals surface area contributed by atoms with E-state index in [9.17, 15) is 18.0 Å². The number of benzene rings is 2. The van der Waals surface area contributed by atoms with Crippen molar-refractivity contribution in [1.82, 2.24) is 4.31 Å². The van der Waals surface area contributed by atoms with Crippen LogP contribution in [0.15, 0.2) is 53.4 Å². The van der Waals surface area contributed by atoms with Gasteiger partial charge < -0.3 is 0 Å². The Hall–Kier alpha value is -2.51. The fraction of sp³-hybridized carbons (Fsp3) is 0.364. The van der Waals surface area contributed by atoms with Crippen LogP contribution in [0.25, 0.3) is 0 Å². The number of anilines is 1. The molecule has 1 aliphatic rings. The zero-order chi connectivity index (χ0) is 21.0. The molecule has 2 aromatic carbocycles. The third-order valence-electron chi connectivity index (χ3n) is 5.05. The summed E-state index contributed by atoms with van der Waals surface area (Å²) in [5.74, 6) is -0.789. The molecule has 0 atom stereocenters. The molecule has 6 nitrogen and oxygen atoms in total. The standard InChI is InChI=1S/C22H26N2O4S/c1-3-5-15-23(16-6-4-2)29(27,28)18-13-11-17(12-14-18)24-21(25)19-9-7-8-10-20(19)22(24)26/h7-14H,3-6,15-16H2,1-2H3. The Morgan fingerprint density at radius 1 is 0.793 bits per heavy atom. The van der Waals surface area contributed by atoms with Gasteiger partial charge in [0.2, 0.25) is 10.0 Å². The van der Waals surface area contributed by atoms with Gasteiger partial charge in [0.1, 0.15) is 0 Å². The molecule has 1 aliphatic heterocycles.